The number of para-hydroxylation sites is 2. The van der Waals surface area contributed by atoms with E-state index in [1.165, 1.54) is 0 Å². The van der Waals surface area contributed by atoms with Gasteiger partial charge in [-0.05, 0) is 36.4 Å². The summed E-state index contributed by atoms with van der Waals surface area (Å²) in [6.45, 7) is 0. The van der Waals surface area contributed by atoms with E-state index >= 15 is 0 Å². The van der Waals surface area contributed by atoms with Gasteiger partial charge in [0, 0.05) is 32.6 Å². The van der Waals surface area contributed by atoms with Crippen molar-refractivity contribution in [3.05, 3.63) is 97.1 Å². The molecule has 3 heteroatoms. The van der Waals surface area contributed by atoms with Crippen LogP contribution in [0.1, 0.15) is 0 Å². The number of nitrogens with one attached hydrogen (secondary N) is 1. The highest BCUT2D eigenvalue weighted by molar-refractivity contribution is 7.48. The Labute approximate surface area is 157 Å². The first-order valence-corrected chi connectivity index (χ1v) is 10.2. The van der Waals surface area contributed by atoms with Crippen LogP contribution in [0.4, 0.5) is 0 Å². The lowest BCUT2D eigenvalue weighted by atomic mass is 10.1. The van der Waals surface area contributed by atoms with Gasteiger partial charge in [-0.2, -0.15) is 0 Å². The Bertz CT molecular complexity index is 1340. The predicted octanol–water partition coefficient (Wildman–Crippen LogP) is 7.49. The third kappa shape index (κ3) is 2.66. The minimum Gasteiger partial charge on any atom is -0.355 e. The van der Waals surface area contributed by atoms with Crippen molar-refractivity contribution < 1.29 is 4.57 Å². The average Bonchev–Trinajstić information content (AvgIpc) is 2.74. The summed E-state index contributed by atoms with van der Waals surface area (Å²) in [5.41, 5.74) is 2.03. The van der Waals surface area contributed by atoms with Crippen molar-refractivity contribution in [2.24, 2.45) is 0 Å². The summed E-state index contributed by atoms with van der Waals surface area (Å²) in [5, 5.41) is 5.88. The Balaban J connectivity index is 2.26. The average molecular weight is 366 g/mol. The molecule has 0 saturated heterocycles. The molecule has 0 spiro atoms. The van der Waals surface area contributed by atoms with Gasteiger partial charge in [-0.25, -0.2) is 0 Å². The van der Waals surface area contributed by atoms with Crippen molar-refractivity contribution in [1.82, 2.24) is 4.98 Å². The molecule has 0 aliphatic heterocycles. The third-order valence-corrected chi connectivity index (χ3v) is 6.60. The molecule has 2 nitrogen and oxygen atoms in total. The van der Waals surface area contributed by atoms with Crippen LogP contribution in [0.2, 0.25) is 0 Å². The number of rotatable bonds is 0. The van der Waals surface area contributed by atoms with E-state index in [2.05, 4.69) is 41.4 Å². The SMILES string of the molecule is O=[p+]1c2ccccc2c2ccccc2[nH]c2ccccc2c2ccccc21. The minimum absolute atomic E-state index is 0.869. The molecule has 0 saturated carbocycles. The molecule has 1 aromatic heterocycles. The van der Waals surface area contributed by atoms with Crippen molar-refractivity contribution in [2.75, 3.05) is 0 Å². The molecule has 128 valence electrons. The van der Waals surface area contributed by atoms with Gasteiger partial charge < -0.3 is 4.98 Å². The summed E-state index contributed by atoms with van der Waals surface area (Å²) in [4.78, 5) is 3.61. The molecule has 5 aromatic rings. The Kier molecular flexibility index (Phi) is 3.85. The van der Waals surface area contributed by atoms with Gasteiger partial charge in [0.1, 0.15) is 0 Å². The van der Waals surface area contributed by atoms with Crippen LogP contribution in [0.5, 0.6) is 0 Å². The molecular formula is C24H17NOP+. The first-order chi connectivity index (χ1) is 13.3. The van der Waals surface area contributed by atoms with Gasteiger partial charge in [-0.1, -0.05) is 65.2 Å². The maximum absolute atomic E-state index is 13.7. The number of hydrogen-bond acceptors (Lipinski definition) is 1. The van der Waals surface area contributed by atoms with Crippen molar-refractivity contribution >= 4 is 50.2 Å². The molecular weight excluding hydrogens is 349 g/mol. The Hall–Kier alpha value is -3.22. The van der Waals surface area contributed by atoms with Gasteiger partial charge in [0.15, 0.2) is 0 Å². The fourth-order valence-corrected chi connectivity index (χ4v) is 5.22. The summed E-state index contributed by atoms with van der Waals surface area (Å²) < 4.78 is 13.7. The molecule has 27 heavy (non-hydrogen) atoms. The third-order valence-electron chi connectivity index (χ3n) is 4.95. The molecule has 1 heterocycles. The number of aromatic amines is 1. The summed E-state index contributed by atoms with van der Waals surface area (Å²) >= 11 is 0. The second kappa shape index (κ2) is 6.50. The molecule has 4 aromatic carbocycles. The van der Waals surface area contributed by atoms with Crippen LogP contribution in [0, 0.1) is 0 Å². The van der Waals surface area contributed by atoms with E-state index < -0.39 is 7.41 Å². The van der Waals surface area contributed by atoms with E-state index in [1.54, 1.807) is 0 Å². The van der Waals surface area contributed by atoms with Crippen LogP contribution in [-0.4, -0.2) is 4.98 Å². The highest BCUT2D eigenvalue weighted by Crippen LogP contribution is 2.37. The minimum atomic E-state index is -1.72. The number of H-pyrrole nitrogens is 1. The molecule has 0 bridgehead atoms. The van der Waals surface area contributed by atoms with E-state index in [4.69, 9.17) is 0 Å². The zero-order valence-electron chi connectivity index (χ0n) is 14.6. The lowest BCUT2D eigenvalue weighted by molar-refractivity contribution is 0.602. The lowest BCUT2D eigenvalue weighted by Gasteiger charge is -2.01. The van der Waals surface area contributed by atoms with Crippen molar-refractivity contribution in [1.29, 1.82) is 0 Å². The van der Waals surface area contributed by atoms with Crippen LogP contribution in [-0.2, 0) is 4.57 Å². The van der Waals surface area contributed by atoms with E-state index in [1.807, 2.05) is 60.7 Å². The second-order valence-electron chi connectivity index (χ2n) is 6.54. The largest absolute Gasteiger partial charge is 0.416 e. The first-order valence-electron chi connectivity index (χ1n) is 8.94. The molecule has 0 aliphatic rings. The Morgan fingerprint density at radius 2 is 0.852 bits per heavy atom. The van der Waals surface area contributed by atoms with Crippen LogP contribution >= 0.6 is 7.41 Å². The Morgan fingerprint density at radius 1 is 0.481 bits per heavy atom. The van der Waals surface area contributed by atoms with Gasteiger partial charge in [0.2, 0.25) is 10.2 Å². The van der Waals surface area contributed by atoms with E-state index in [9.17, 15) is 4.57 Å². The van der Waals surface area contributed by atoms with Crippen LogP contribution in [0.15, 0.2) is 97.1 Å². The summed E-state index contributed by atoms with van der Waals surface area (Å²) in [6, 6.07) is 32.4. The molecule has 1 N–H and O–H groups in total. The zero-order chi connectivity index (χ0) is 18.2. The smallest absolute Gasteiger partial charge is 0.355 e. The fraction of sp³-hybridized carbons (Fsp3) is 0. The number of aromatic nitrogens is 1. The highest BCUT2D eigenvalue weighted by Gasteiger charge is 2.14. The molecule has 0 atom stereocenters. The number of hydrogen-bond donors (Lipinski definition) is 1. The number of fused-ring (bicyclic) bond motifs is 6. The van der Waals surface area contributed by atoms with Crippen molar-refractivity contribution in [3.63, 3.8) is 0 Å². The molecule has 0 fully saturated rings. The van der Waals surface area contributed by atoms with Crippen molar-refractivity contribution in [2.45, 2.75) is 0 Å². The predicted molar refractivity (Wildman–Crippen MR) is 116 cm³/mol. The van der Waals surface area contributed by atoms with Gasteiger partial charge in [0.05, 0.1) is 0 Å². The van der Waals surface area contributed by atoms with Gasteiger partial charge >= 0.3 is 7.41 Å². The molecule has 5 rings (SSSR count). The van der Waals surface area contributed by atoms with E-state index in [-0.39, 0.29) is 0 Å². The fourth-order valence-electron chi connectivity index (χ4n) is 3.69. The Morgan fingerprint density at radius 3 is 1.33 bits per heavy atom. The van der Waals surface area contributed by atoms with Crippen LogP contribution in [0.3, 0.4) is 0 Å². The molecule has 0 aliphatic carbocycles. The highest BCUT2D eigenvalue weighted by atomic mass is 31.1. The number of benzene rings is 4. The van der Waals surface area contributed by atoms with Gasteiger partial charge in [-0.3, -0.25) is 0 Å². The maximum Gasteiger partial charge on any atom is 0.416 e. The normalized spacial score (nSPS) is 11.1. The van der Waals surface area contributed by atoms with Gasteiger partial charge in [-0.15, -0.1) is 0 Å². The van der Waals surface area contributed by atoms with Crippen molar-refractivity contribution in [3.8, 4) is 0 Å². The second-order valence-corrected chi connectivity index (χ2v) is 8.10. The monoisotopic (exact) mass is 366 g/mol. The standard InChI is InChI=1S/C24H17NOP/c26-27-23-15-7-3-11-19(23)17-9-1-5-13-21(17)25-22-14-6-2-10-18(22)20-12-4-8-16-24(20)27/h1-16,25H/q+1. The zero-order valence-corrected chi connectivity index (χ0v) is 15.5. The quantitative estimate of drug-likeness (QED) is 0.302. The van der Waals surface area contributed by atoms with Crippen LogP contribution < -0.4 is 0 Å². The van der Waals surface area contributed by atoms with Crippen LogP contribution in [0.25, 0.3) is 42.8 Å². The summed E-state index contributed by atoms with van der Waals surface area (Å²) in [6.07, 6.45) is 0. The van der Waals surface area contributed by atoms with Gasteiger partial charge in [0.25, 0.3) is 0 Å². The molecule has 0 radical (unpaired) electrons. The molecule has 0 unspecified atom stereocenters. The first kappa shape index (κ1) is 16.0. The summed E-state index contributed by atoms with van der Waals surface area (Å²) in [5.74, 6) is 0. The topological polar surface area (TPSA) is 32.9 Å². The van der Waals surface area contributed by atoms with E-state index in [0.29, 0.717) is 0 Å². The maximum atomic E-state index is 13.7. The van der Waals surface area contributed by atoms with E-state index in [0.717, 1.165) is 42.8 Å². The lowest BCUT2D eigenvalue weighted by Crippen LogP contribution is -1.80. The molecule has 0 amide bonds. The summed E-state index contributed by atoms with van der Waals surface area (Å²) in [7, 11) is -1.72.